The molecule has 16 heavy (non-hydrogen) atoms. The first-order valence-electron chi connectivity index (χ1n) is 4.09. The first-order valence-corrected chi connectivity index (χ1v) is 4.09. The molecule has 6 heteroatoms. The summed E-state index contributed by atoms with van der Waals surface area (Å²) in [7, 11) is 0. The Bertz CT molecular complexity index is 547. The Balaban J connectivity index is 3.44. The van der Waals surface area contributed by atoms with Gasteiger partial charge in [-0.1, -0.05) is 0 Å². The largest absolute Gasteiger partial charge is 0.388 e. The van der Waals surface area contributed by atoms with E-state index in [4.69, 9.17) is 5.26 Å². The zero-order chi connectivity index (χ0) is 12.0. The molecule has 1 aromatic carbocycles. The van der Waals surface area contributed by atoms with E-state index in [1.54, 1.807) is 6.92 Å². The van der Waals surface area contributed by atoms with E-state index in [9.17, 15) is 9.59 Å². The Morgan fingerprint density at radius 3 is 2.50 bits per heavy atom. The maximum absolute atomic E-state index is 10.2. The van der Waals surface area contributed by atoms with E-state index in [0.29, 0.717) is 5.56 Å². The third-order valence-corrected chi connectivity index (χ3v) is 1.81. The van der Waals surface area contributed by atoms with E-state index in [2.05, 4.69) is 14.7 Å². The second-order valence-electron chi connectivity index (χ2n) is 2.69. The van der Waals surface area contributed by atoms with Crippen molar-refractivity contribution in [1.29, 1.82) is 5.26 Å². The van der Waals surface area contributed by atoms with Gasteiger partial charge in [0.2, 0.25) is 12.2 Å². The van der Waals surface area contributed by atoms with Gasteiger partial charge in [-0.2, -0.15) is 9.98 Å². The molecule has 0 aliphatic heterocycles. The summed E-state index contributed by atoms with van der Waals surface area (Å²) in [5.74, 6) is 0.174. The summed E-state index contributed by atoms with van der Waals surface area (Å²) >= 11 is 0. The summed E-state index contributed by atoms with van der Waals surface area (Å²) in [6.07, 6.45) is 4.18. The number of hydrogen-bond acceptors (Lipinski definition) is 6. The summed E-state index contributed by atoms with van der Waals surface area (Å²) in [6, 6.07) is 2.75. The van der Waals surface area contributed by atoms with E-state index >= 15 is 0 Å². The second-order valence-corrected chi connectivity index (χ2v) is 2.69. The van der Waals surface area contributed by atoms with Crippen molar-refractivity contribution >= 4 is 23.5 Å². The molecule has 0 N–H and O–H groups in total. The molecule has 6 nitrogen and oxygen atoms in total. The van der Waals surface area contributed by atoms with Crippen LogP contribution in [0, 0.1) is 18.4 Å². The van der Waals surface area contributed by atoms with Crippen molar-refractivity contribution in [3.63, 3.8) is 0 Å². The number of isocyanates is 2. The third-order valence-electron chi connectivity index (χ3n) is 1.81. The van der Waals surface area contributed by atoms with Crippen LogP contribution in [-0.4, -0.2) is 12.2 Å². The molecule has 0 heterocycles. The SMILES string of the molecule is Cc1c(N=C=O)cc(N=C=O)cc1OC#N. The van der Waals surface area contributed by atoms with Crippen molar-refractivity contribution < 1.29 is 14.3 Å². The Morgan fingerprint density at radius 1 is 1.25 bits per heavy atom. The molecule has 0 unspecified atom stereocenters. The number of nitriles is 1. The van der Waals surface area contributed by atoms with Crippen molar-refractivity contribution in [2.75, 3.05) is 0 Å². The molecule has 0 spiro atoms. The van der Waals surface area contributed by atoms with Gasteiger partial charge in [0.05, 0.1) is 11.4 Å². The zero-order valence-corrected chi connectivity index (χ0v) is 8.22. The molecule has 0 radical (unpaired) electrons. The number of rotatable bonds is 3. The lowest BCUT2D eigenvalue weighted by molar-refractivity contribution is 0.503. The summed E-state index contributed by atoms with van der Waals surface area (Å²) in [4.78, 5) is 27.0. The highest BCUT2D eigenvalue weighted by molar-refractivity contribution is 5.66. The van der Waals surface area contributed by atoms with E-state index in [1.807, 2.05) is 0 Å². The van der Waals surface area contributed by atoms with Gasteiger partial charge in [-0.05, 0) is 13.0 Å². The molecule has 0 bridgehead atoms. The molecule has 1 rings (SSSR count). The molecule has 0 atom stereocenters. The molecule has 78 valence electrons. The van der Waals surface area contributed by atoms with Crippen LogP contribution in [0.25, 0.3) is 0 Å². The lowest BCUT2D eigenvalue weighted by Gasteiger charge is -2.04. The van der Waals surface area contributed by atoms with Crippen LogP contribution >= 0.6 is 0 Å². The van der Waals surface area contributed by atoms with Crippen molar-refractivity contribution in [2.45, 2.75) is 6.92 Å². The molecular formula is C10H5N3O3. The van der Waals surface area contributed by atoms with Gasteiger partial charge in [-0.3, -0.25) is 0 Å². The van der Waals surface area contributed by atoms with Crippen LogP contribution in [0.2, 0.25) is 0 Å². The van der Waals surface area contributed by atoms with Crippen LogP contribution in [0.15, 0.2) is 22.1 Å². The van der Waals surface area contributed by atoms with E-state index in [0.717, 1.165) is 0 Å². The van der Waals surface area contributed by atoms with E-state index < -0.39 is 0 Å². The Morgan fingerprint density at radius 2 is 1.94 bits per heavy atom. The highest BCUT2D eigenvalue weighted by Gasteiger charge is 2.08. The number of benzene rings is 1. The predicted octanol–water partition coefficient (Wildman–Crippen LogP) is 1.79. The smallest absolute Gasteiger partial charge is 0.292 e. The number of carbonyl (C=O) groups excluding carboxylic acids is 2. The van der Waals surface area contributed by atoms with Gasteiger partial charge < -0.3 is 4.74 Å². The highest BCUT2D eigenvalue weighted by Crippen LogP contribution is 2.33. The molecule has 0 aromatic heterocycles. The fourth-order valence-corrected chi connectivity index (χ4v) is 1.10. The predicted molar refractivity (Wildman–Crippen MR) is 53.0 cm³/mol. The monoisotopic (exact) mass is 215 g/mol. The minimum atomic E-state index is 0.174. The first kappa shape index (κ1) is 11.3. The maximum Gasteiger partial charge on any atom is 0.292 e. The van der Waals surface area contributed by atoms with E-state index in [1.165, 1.54) is 30.5 Å². The fourth-order valence-electron chi connectivity index (χ4n) is 1.10. The molecule has 1 aromatic rings. The number of aliphatic imine (C=N–C) groups is 2. The van der Waals surface area contributed by atoms with Gasteiger partial charge in [0.25, 0.3) is 6.26 Å². The molecule has 0 saturated carbocycles. The average Bonchev–Trinajstić information content (AvgIpc) is 2.26. The third kappa shape index (κ3) is 2.40. The standard InChI is InChI=1S/C10H5N3O3/c1-7-9(13-6-15)2-8(12-5-14)3-10(7)16-4-11/h2-3H,1H3. The minimum Gasteiger partial charge on any atom is -0.388 e. The molecule has 0 aliphatic carbocycles. The van der Waals surface area contributed by atoms with Crippen LogP contribution in [0.3, 0.4) is 0 Å². The van der Waals surface area contributed by atoms with Gasteiger partial charge in [-0.25, -0.2) is 9.59 Å². The van der Waals surface area contributed by atoms with Crippen molar-refractivity contribution in [3.8, 4) is 12.0 Å². The Kier molecular flexibility index (Phi) is 3.71. The quantitative estimate of drug-likeness (QED) is 0.436. The molecule has 0 saturated heterocycles. The van der Waals surface area contributed by atoms with Gasteiger partial charge in [0.15, 0.2) is 0 Å². The van der Waals surface area contributed by atoms with E-state index in [-0.39, 0.29) is 17.1 Å². The zero-order valence-electron chi connectivity index (χ0n) is 8.22. The maximum atomic E-state index is 10.2. The molecule has 0 aliphatic rings. The summed E-state index contributed by atoms with van der Waals surface area (Å²) in [6.45, 7) is 1.61. The summed E-state index contributed by atoms with van der Waals surface area (Å²) < 4.78 is 4.64. The van der Waals surface area contributed by atoms with Gasteiger partial charge in [0, 0.05) is 11.6 Å². The number of nitrogens with zero attached hydrogens (tertiary/aromatic N) is 3. The lowest BCUT2D eigenvalue weighted by atomic mass is 10.1. The van der Waals surface area contributed by atoms with Crippen LogP contribution in [0.5, 0.6) is 5.75 Å². The number of ether oxygens (including phenoxy) is 1. The van der Waals surface area contributed by atoms with Gasteiger partial charge in [-0.15, -0.1) is 5.26 Å². The van der Waals surface area contributed by atoms with Gasteiger partial charge in [0.1, 0.15) is 5.75 Å². The van der Waals surface area contributed by atoms with Crippen molar-refractivity contribution in [3.05, 3.63) is 17.7 Å². The van der Waals surface area contributed by atoms with Crippen LogP contribution < -0.4 is 4.74 Å². The lowest BCUT2D eigenvalue weighted by Crippen LogP contribution is -1.86. The normalized spacial score (nSPS) is 8.25. The summed E-state index contributed by atoms with van der Waals surface area (Å²) in [5.41, 5.74) is 0.909. The highest BCUT2D eigenvalue weighted by atomic mass is 16.5. The Labute approximate surface area is 90.5 Å². The molecule has 0 amide bonds. The molecule has 0 fully saturated rings. The van der Waals surface area contributed by atoms with Crippen LogP contribution in [-0.2, 0) is 9.59 Å². The second kappa shape index (κ2) is 5.23. The van der Waals surface area contributed by atoms with Crippen molar-refractivity contribution in [2.24, 2.45) is 9.98 Å². The Hall–Kier alpha value is -2.73. The topological polar surface area (TPSA) is 91.9 Å². The average molecular weight is 215 g/mol. The van der Waals surface area contributed by atoms with Crippen LogP contribution in [0.1, 0.15) is 5.56 Å². The minimum absolute atomic E-state index is 0.174. The first-order chi connectivity index (χ1) is 7.72. The number of hydrogen-bond donors (Lipinski definition) is 0. The van der Waals surface area contributed by atoms with Gasteiger partial charge >= 0.3 is 0 Å². The van der Waals surface area contributed by atoms with Crippen molar-refractivity contribution in [1.82, 2.24) is 0 Å². The molecular weight excluding hydrogens is 210 g/mol. The van der Waals surface area contributed by atoms with Crippen LogP contribution in [0.4, 0.5) is 11.4 Å². The summed E-state index contributed by atoms with van der Waals surface area (Å²) in [5, 5.41) is 8.40. The fraction of sp³-hybridized carbons (Fsp3) is 0.100.